The lowest BCUT2D eigenvalue weighted by Gasteiger charge is -2.08. The Morgan fingerprint density at radius 3 is 1.67 bits per heavy atom. The maximum absolute atomic E-state index is 12.4. The lowest BCUT2D eigenvalue weighted by molar-refractivity contribution is 0.101. The van der Waals surface area contributed by atoms with E-state index in [1.165, 1.54) is 6.92 Å². The molecule has 134 valence electrons. The van der Waals surface area contributed by atoms with Crippen LogP contribution in [0.1, 0.15) is 38.0 Å². The number of benzene rings is 3. The molecule has 0 aliphatic rings. The summed E-state index contributed by atoms with van der Waals surface area (Å²) in [6.07, 6.45) is 0. The van der Waals surface area contributed by atoms with Crippen molar-refractivity contribution < 1.29 is 14.4 Å². The standard InChI is InChI=1S/C22H18N2O3/c1-15(25)18-6-5-9-20(14-18)24-22(27)17-12-10-16(11-13-17)21(26)23-19-7-3-2-4-8-19/h2-14H,1H3,(H,23,26)(H,24,27). The third kappa shape index (κ3) is 4.67. The van der Waals surface area contributed by atoms with Crippen molar-refractivity contribution >= 4 is 29.0 Å². The number of hydrogen-bond donors (Lipinski definition) is 2. The zero-order valence-electron chi connectivity index (χ0n) is 14.7. The molecule has 3 aromatic rings. The molecule has 0 aliphatic heterocycles. The monoisotopic (exact) mass is 358 g/mol. The smallest absolute Gasteiger partial charge is 0.255 e. The molecule has 0 aliphatic carbocycles. The second-order valence-corrected chi connectivity index (χ2v) is 5.99. The molecule has 5 nitrogen and oxygen atoms in total. The van der Waals surface area contributed by atoms with Gasteiger partial charge in [-0.05, 0) is 55.5 Å². The Balaban J connectivity index is 1.67. The van der Waals surface area contributed by atoms with Gasteiger partial charge in [-0.25, -0.2) is 0 Å². The molecule has 0 fully saturated rings. The van der Waals surface area contributed by atoms with Crippen molar-refractivity contribution in [3.63, 3.8) is 0 Å². The highest BCUT2D eigenvalue weighted by Crippen LogP contribution is 2.14. The predicted molar refractivity (Wildman–Crippen MR) is 105 cm³/mol. The van der Waals surface area contributed by atoms with Crippen molar-refractivity contribution in [2.75, 3.05) is 10.6 Å². The molecule has 0 unspecified atom stereocenters. The van der Waals surface area contributed by atoms with Crippen LogP contribution in [0.15, 0.2) is 78.9 Å². The van der Waals surface area contributed by atoms with Crippen LogP contribution >= 0.6 is 0 Å². The summed E-state index contributed by atoms with van der Waals surface area (Å²) in [7, 11) is 0. The maximum atomic E-state index is 12.4. The zero-order chi connectivity index (χ0) is 19.2. The highest BCUT2D eigenvalue weighted by Gasteiger charge is 2.10. The molecule has 0 saturated heterocycles. The number of Topliss-reactive ketones (excluding diaryl/α,β-unsaturated/α-hetero) is 1. The number of carbonyl (C=O) groups excluding carboxylic acids is 3. The summed E-state index contributed by atoms with van der Waals surface area (Å²) in [5, 5.41) is 5.54. The van der Waals surface area contributed by atoms with E-state index in [9.17, 15) is 14.4 Å². The number of ketones is 1. The van der Waals surface area contributed by atoms with Crippen LogP contribution in [0, 0.1) is 0 Å². The van der Waals surface area contributed by atoms with Crippen LogP contribution < -0.4 is 10.6 Å². The molecular weight excluding hydrogens is 340 g/mol. The van der Waals surface area contributed by atoms with Crippen LogP contribution in [0.4, 0.5) is 11.4 Å². The van der Waals surface area contributed by atoms with Gasteiger partial charge < -0.3 is 10.6 Å². The summed E-state index contributed by atoms with van der Waals surface area (Å²) in [5.74, 6) is -0.632. The molecule has 3 rings (SSSR count). The first-order valence-corrected chi connectivity index (χ1v) is 8.42. The summed E-state index contributed by atoms with van der Waals surface area (Å²) in [4.78, 5) is 36.0. The first-order valence-electron chi connectivity index (χ1n) is 8.42. The van der Waals surface area contributed by atoms with Gasteiger partial charge in [0, 0.05) is 28.1 Å². The minimum Gasteiger partial charge on any atom is -0.322 e. The number of amides is 2. The first kappa shape index (κ1) is 18.1. The molecule has 0 spiro atoms. The van der Waals surface area contributed by atoms with Gasteiger partial charge in [0.1, 0.15) is 0 Å². The molecule has 2 N–H and O–H groups in total. The van der Waals surface area contributed by atoms with Crippen LogP contribution in [0.5, 0.6) is 0 Å². The minimum atomic E-state index is -0.314. The highest BCUT2D eigenvalue weighted by atomic mass is 16.2. The van der Waals surface area contributed by atoms with Crippen LogP contribution in [-0.4, -0.2) is 17.6 Å². The zero-order valence-corrected chi connectivity index (χ0v) is 14.7. The lowest BCUT2D eigenvalue weighted by Crippen LogP contribution is -2.14. The molecule has 0 bridgehead atoms. The summed E-state index contributed by atoms with van der Waals surface area (Å²) in [5.41, 5.74) is 2.64. The van der Waals surface area contributed by atoms with Crippen LogP contribution in [0.25, 0.3) is 0 Å². The van der Waals surface area contributed by atoms with Crippen molar-refractivity contribution in [2.24, 2.45) is 0 Å². The normalized spacial score (nSPS) is 10.1. The molecule has 27 heavy (non-hydrogen) atoms. The summed E-state index contributed by atoms with van der Waals surface area (Å²) < 4.78 is 0. The van der Waals surface area contributed by atoms with E-state index in [0.717, 1.165) is 0 Å². The van der Waals surface area contributed by atoms with Crippen molar-refractivity contribution in [1.82, 2.24) is 0 Å². The Labute approximate surface area is 157 Å². The van der Waals surface area contributed by atoms with E-state index in [4.69, 9.17) is 0 Å². The molecule has 0 atom stereocenters. The van der Waals surface area contributed by atoms with E-state index in [1.807, 2.05) is 18.2 Å². The van der Waals surface area contributed by atoms with Crippen LogP contribution in [0.3, 0.4) is 0 Å². The Kier molecular flexibility index (Phi) is 5.42. The third-order valence-corrected chi connectivity index (χ3v) is 3.97. The van der Waals surface area contributed by atoms with Gasteiger partial charge >= 0.3 is 0 Å². The van der Waals surface area contributed by atoms with Crippen molar-refractivity contribution in [3.05, 3.63) is 95.6 Å². The van der Waals surface area contributed by atoms with Gasteiger partial charge in [-0.3, -0.25) is 14.4 Å². The van der Waals surface area contributed by atoms with Crippen molar-refractivity contribution in [2.45, 2.75) is 6.92 Å². The average Bonchev–Trinajstić information content (AvgIpc) is 2.69. The second-order valence-electron chi connectivity index (χ2n) is 5.99. The van der Waals surface area contributed by atoms with Crippen LogP contribution in [-0.2, 0) is 0 Å². The van der Waals surface area contributed by atoms with E-state index in [2.05, 4.69) is 10.6 Å². The molecule has 0 radical (unpaired) electrons. The quantitative estimate of drug-likeness (QED) is 0.664. The van der Waals surface area contributed by atoms with Gasteiger partial charge in [0.15, 0.2) is 5.78 Å². The molecule has 0 saturated carbocycles. The van der Waals surface area contributed by atoms with Gasteiger partial charge in [0.2, 0.25) is 0 Å². The van der Waals surface area contributed by atoms with Gasteiger partial charge in [0.25, 0.3) is 11.8 Å². The van der Waals surface area contributed by atoms with E-state index >= 15 is 0 Å². The molecule has 2 amide bonds. The van der Waals surface area contributed by atoms with E-state index < -0.39 is 0 Å². The number of nitrogens with one attached hydrogen (secondary N) is 2. The van der Waals surface area contributed by atoms with Crippen LogP contribution in [0.2, 0.25) is 0 Å². The molecule has 0 aromatic heterocycles. The summed E-state index contributed by atoms with van der Waals surface area (Å²) in [6.45, 7) is 1.47. The molecule has 3 aromatic carbocycles. The Morgan fingerprint density at radius 1 is 0.593 bits per heavy atom. The Hall–Kier alpha value is -3.73. The molecule has 0 heterocycles. The minimum absolute atomic E-state index is 0.0696. The number of rotatable bonds is 5. The maximum Gasteiger partial charge on any atom is 0.255 e. The number of para-hydroxylation sites is 1. The largest absolute Gasteiger partial charge is 0.322 e. The van der Waals surface area contributed by atoms with E-state index in [1.54, 1.807) is 60.7 Å². The predicted octanol–water partition coefficient (Wildman–Crippen LogP) is 4.39. The number of anilines is 2. The Morgan fingerprint density at radius 2 is 1.11 bits per heavy atom. The SMILES string of the molecule is CC(=O)c1cccc(NC(=O)c2ccc(C(=O)Nc3ccccc3)cc2)c1. The second kappa shape index (κ2) is 8.10. The lowest BCUT2D eigenvalue weighted by atomic mass is 10.1. The topological polar surface area (TPSA) is 75.3 Å². The first-order chi connectivity index (χ1) is 13.0. The fourth-order valence-electron chi connectivity index (χ4n) is 2.52. The number of carbonyl (C=O) groups is 3. The van der Waals surface area contributed by atoms with Gasteiger partial charge in [-0.2, -0.15) is 0 Å². The highest BCUT2D eigenvalue weighted by molar-refractivity contribution is 6.07. The molecule has 5 heteroatoms. The summed E-state index contributed by atoms with van der Waals surface area (Å²) >= 11 is 0. The van der Waals surface area contributed by atoms with Crippen molar-refractivity contribution in [3.8, 4) is 0 Å². The van der Waals surface area contributed by atoms with E-state index in [0.29, 0.717) is 28.1 Å². The van der Waals surface area contributed by atoms with Gasteiger partial charge in [-0.15, -0.1) is 0 Å². The third-order valence-electron chi connectivity index (χ3n) is 3.97. The van der Waals surface area contributed by atoms with Crippen molar-refractivity contribution in [1.29, 1.82) is 0 Å². The molecular formula is C22H18N2O3. The van der Waals surface area contributed by atoms with Gasteiger partial charge in [-0.1, -0.05) is 30.3 Å². The average molecular weight is 358 g/mol. The fourth-order valence-corrected chi connectivity index (χ4v) is 2.52. The van der Waals surface area contributed by atoms with Gasteiger partial charge in [0.05, 0.1) is 0 Å². The van der Waals surface area contributed by atoms with E-state index in [-0.39, 0.29) is 17.6 Å². The Bertz CT molecular complexity index is 980. The summed E-state index contributed by atoms with van der Waals surface area (Å²) in [6, 6.07) is 22.3. The number of hydrogen-bond acceptors (Lipinski definition) is 3. The fraction of sp³-hybridized carbons (Fsp3) is 0.0455.